The summed E-state index contributed by atoms with van der Waals surface area (Å²) in [4.78, 5) is 39.2. The van der Waals surface area contributed by atoms with Gasteiger partial charge in [0, 0.05) is 44.7 Å². The molecule has 0 saturated heterocycles. The first-order valence-corrected chi connectivity index (χ1v) is 17.9. The molecule has 5 atom stereocenters. The summed E-state index contributed by atoms with van der Waals surface area (Å²) in [6.07, 6.45) is 5.00. The fourth-order valence-corrected chi connectivity index (χ4v) is 6.37. The summed E-state index contributed by atoms with van der Waals surface area (Å²) in [5.41, 5.74) is 15.9. The van der Waals surface area contributed by atoms with Crippen LogP contribution in [-0.2, 0) is 43.7 Å². The molecule has 3 rings (SSSR count). The van der Waals surface area contributed by atoms with E-state index in [0.29, 0.717) is 37.8 Å². The van der Waals surface area contributed by atoms with Crippen LogP contribution in [0.5, 0.6) is 0 Å². The monoisotopic (exact) mass is 670 g/mol. The predicted octanol–water partition coefficient (Wildman–Crippen LogP) is 3.88. The Labute approximate surface area is 287 Å². The van der Waals surface area contributed by atoms with Gasteiger partial charge in [0.15, 0.2) is 0 Å². The van der Waals surface area contributed by atoms with Crippen molar-refractivity contribution in [2.75, 3.05) is 26.8 Å². The number of aromatic nitrogens is 2. The molecule has 270 valence electrons. The molecule has 6 N–H and O–H groups in total. The molecule has 0 bridgehead atoms. The number of carbonyl (C=O) groups excluding carboxylic acids is 3. The number of nitrogens with two attached hydrogens (primary N) is 2. The Morgan fingerprint density at radius 1 is 1.04 bits per heavy atom. The van der Waals surface area contributed by atoms with E-state index in [4.69, 9.17) is 26.0 Å². The van der Waals surface area contributed by atoms with Gasteiger partial charge in [-0.3, -0.25) is 14.3 Å². The third kappa shape index (κ3) is 11.6. The maximum Gasteiger partial charge on any atom is 0.329 e. The molecule has 11 nitrogen and oxygen atoms in total. The molecule has 1 heterocycles. The number of nitrogens with zero attached hydrogens (tertiary/aromatic N) is 2. The first kappa shape index (κ1) is 39.4. The van der Waals surface area contributed by atoms with Crippen LogP contribution in [0.1, 0.15) is 84.9 Å². The van der Waals surface area contributed by atoms with Crippen LogP contribution in [0.2, 0.25) is 0 Å². The van der Waals surface area contributed by atoms with Gasteiger partial charge in [-0.05, 0) is 92.2 Å². The molecule has 0 aliphatic heterocycles. The molecular formula is C37H62N6O5. The highest BCUT2D eigenvalue weighted by Crippen LogP contribution is 2.31. The van der Waals surface area contributed by atoms with Crippen molar-refractivity contribution in [2.24, 2.45) is 54.0 Å². The number of carbonyl (C=O) groups is 3. The Kier molecular flexibility index (Phi) is 15.3. The smallest absolute Gasteiger partial charge is 0.329 e. The number of nitrogens with one attached hydrogen (secondary N) is 2. The van der Waals surface area contributed by atoms with Gasteiger partial charge in [0.25, 0.3) is 0 Å². The third-order valence-corrected chi connectivity index (χ3v) is 9.83. The average molecular weight is 671 g/mol. The maximum atomic E-state index is 13.6. The molecule has 1 saturated carbocycles. The Morgan fingerprint density at radius 2 is 1.75 bits per heavy atom. The summed E-state index contributed by atoms with van der Waals surface area (Å²) in [7, 11) is 3.69. The highest BCUT2D eigenvalue weighted by atomic mass is 16.5. The minimum absolute atomic E-state index is 0.0145. The van der Waals surface area contributed by atoms with Gasteiger partial charge in [-0.25, -0.2) is 4.79 Å². The van der Waals surface area contributed by atoms with E-state index in [1.54, 1.807) is 7.11 Å². The van der Waals surface area contributed by atoms with Crippen molar-refractivity contribution >= 4 is 28.7 Å². The molecule has 11 heteroatoms. The molecule has 0 spiro atoms. The lowest BCUT2D eigenvalue weighted by Crippen LogP contribution is -2.51. The zero-order valence-electron chi connectivity index (χ0n) is 30.6. The second-order valence-electron chi connectivity index (χ2n) is 14.9. The molecule has 1 aliphatic carbocycles. The largest absolute Gasteiger partial charge is 0.459 e. The van der Waals surface area contributed by atoms with E-state index in [0.717, 1.165) is 48.7 Å². The molecular weight excluding hydrogens is 608 g/mol. The van der Waals surface area contributed by atoms with E-state index < -0.39 is 30.1 Å². The molecule has 1 aromatic carbocycles. The summed E-state index contributed by atoms with van der Waals surface area (Å²) in [5.74, 6) is -0.581. The Morgan fingerprint density at radius 3 is 2.33 bits per heavy atom. The number of hydrogen-bond donors (Lipinski definition) is 4. The molecule has 2 amide bonds. The van der Waals surface area contributed by atoms with Crippen molar-refractivity contribution in [1.29, 1.82) is 0 Å². The van der Waals surface area contributed by atoms with Crippen LogP contribution in [0.3, 0.4) is 0 Å². The van der Waals surface area contributed by atoms with Gasteiger partial charge in [-0.2, -0.15) is 5.10 Å². The van der Waals surface area contributed by atoms with Crippen LogP contribution in [-0.4, -0.2) is 72.6 Å². The Hall–Kier alpha value is -3.02. The fourth-order valence-electron chi connectivity index (χ4n) is 6.37. The van der Waals surface area contributed by atoms with Crippen molar-refractivity contribution in [3.8, 4) is 0 Å². The minimum Gasteiger partial charge on any atom is -0.459 e. The lowest BCUT2D eigenvalue weighted by Gasteiger charge is -2.33. The number of esters is 1. The molecule has 1 fully saturated rings. The number of rotatable bonds is 21. The summed E-state index contributed by atoms with van der Waals surface area (Å²) >= 11 is 0. The zero-order valence-corrected chi connectivity index (χ0v) is 30.6. The highest BCUT2D eigenvalue weighted by Gasteiger charge is 2.36. The summed E-state index contributed by atoms with van der Waals surface area (Å²) in [6, 6.07) is 5.14. The van der Waals surface area contributed by atoms with Crippen molar-refractivity contribution < 1.29 is 23.9 Å². The number of amides is 2. The summed E-state index contributed by atoms with van der Waals surface area (Å²) < 4.78 is 13.4. The summed E-state index contributed by atoms with van der Waals surface area (Å²) in [6.45, 7) is 13.2. The van der Waals surface area contributed by atoms with Crippen molar-refractivity contribution in [1.82, 2.24) is 20.4 Å². The molecule has 0 radical (unpaired) electrons. The predicted molar refractivity (Wildman–Crippen MR) is 190 cm³/mol. The van der Waals surface area contributed by atoms with E-state index in [-0.39, 0.29) is 36.1 Å². The van der Waals surface area contributed by atoms with Gasteiger partial charge < -0.3 is 31.6 Å². The molecule has 3 unspecified atom stereocenters. The van der Waals surface area contributed by atoms with E-state index in [1.165, 1.54) is 5.56 Å². The maximum absolute atomic E-state index is 13.6. The van der Waals surface area contributed by atoms with Gasteiger partial charge >= 0.3 is 5.97 Å². The molecule has 2 aromatic rings. The SMILES string of the molecule is COCCCc1nn(C)c2ccc(CC(C[C@H](N)C(CC(C(=O)NCC3CC3)C(C)C)OC(=O)[C@@H](NC(=O)CN)C(C)C)C(C)C)cc12. The van der Waals surface area contributed by atoms with E-state index in [1.807, 2.05) is 39.4 Å². The topological polar surface area (TPSA) is 164 Å². The highest BCUT2D eigenvalue weighted by molar-refractivity contribution is 5.86. The molecule has 48 heavy (non-hydrogen) atoms. The Balaban J connectivity index is 1.85. The van der Waals surface area contributed by atoms with Gasteiger partial charge in [-0.15, -0.1) is 0 Å². The summed E-state index contributed by atoms with van der Waals surface area (Å²) in [5, 5.41) is 11.8. The zero-order chi connectivity index (χ0) is 35.5. The fraction of sp³-hybridized carbons (Fsp3) is 0.730. The average Bonchev–Trinajstić information content (AvgIpc) is 3.82. The lowest BCUT2D eigenvalue weighted by molar-refractivity contribution is -0.157. The second-order valence-corrected chi connectivity index (χ2v) is 14.9. The first-order chi connectivity index (χ1) is 22.7. The van der Waals surface area contributed by atoms with Crippen LogP contribution in [0.15, 0.2) is 18.2 Å². The number of hydrogen-bond acceptors (Lipinski definition) is 8. The minimum atomic E-state index is -0.873. The number of benzene rings is 1. The molecule has 1 aromatic heterocycles. The van der Waals surface area contributed by atoms with Crippen LogP contribution in [0.25, 0.3) is 10.9 Å². The van der Waals surface area contributed by atoms with Crippen LogP contribution >= 0.6 is 0 Å². The van der Waals surface area contributed by atoms with Gasteiger partial charge in [0.2, 0.25) is 11.8 Å². The van der Waals surface area contributed by atoms with Crippen molar-refractivity contribution in [3.05, 3.63) is 29.5 Å². The normalized spacial score (nSPS) is 16.6. The lowest BCUT2D eigenvalue weighted by atomic mass is 9.80. The van der Waals surface area contributed by atoms with Gasteiger partial charge in [-0.1, -0.05) is 47.6 Å². The molecule has 1 aliphatic rings. The third-order valence-electron chi connectivity index (χ3n) is 9.83. The van der Waals surface area contributed by atoms with E-state index in [2.05, 4.69) is 42.7 Å². The number of methoxy groups -OCH3 is 1. The van der Waals surface area contributed by atoms with Crippen LogP contribution in [0, 0.1) is 35.5 Å². The number of aryl methyl sites for hydroxylation is 2. The van der Waals surface area contributed by atoms with E-state index >= 15 is 0 Å². The quantitative estimate of drug-likeness (QED) is 0.115. The van der Waals surface area contributed by atoms with E-state index in [9.17, 15) is 14.4 Å². The van der Waals surface area contributed by atoms with Crippen LogP contribution < -0.4 is 22.1 Å². The first-order valence-electron chi connectivity index (χ1n) is 17.9. The van der Waals surface area contributed by atoms with Gasteiger partial charge in [0.1, 0.15) is 12.1 Å². The second kappa shape index (κ2) is 18.7. The van der Waals surface area contributed by atoms with Crippen molar-refractivity contribution in [2.45, 2.75) is 105 Å². The standard InChI is InChI=1S/C37H62N6O5/c1-22(2)27(16-26-13-14-32-29(17-26)31(42-43(32)7)10-9-15-47-8)18-30(39)33(48-37(46)35(24(5)6)41-34(44)20-38)19-28(23(3)4)36(45)40-21-25-11-12-25/h13-14,17,22-25,27-28,30,33,35H,9-12,15-16,18-21,38-39H2,1-8H3,(H,40,45)(H,41,44)/t27?,28?,30-,33?,35-/m0/s1. The number of fused-ring (bicyclic) bond motifs is 1. The Bertz CT molecular complexity index is 1340. The van der Waals surface area contributed by atoms with Crippen LogP contribution in [0.4, 0.5) is 0 Å². The van der Waals surface area contributed by atoms with Gasteiger partial charge in [0.05, 0.1) is 17.8 Å². The number of ether oxygens (including phenoxy) is 2. The van der Waals surface area contributed by atoms with Crippen molar-refractivity contribution in [3.63, 3.8) is 0 Å².